The van der Waals surface area contributed by atoms with Crippen molar-refractivity contribution in [2.45, 2.75) is 56.5 Å². The van der Waals surface area contributed by atoms with Crippen LogP contribution in [0.25, 0.3) is 0 Å². The van der Waals surface area contributed by atoms with E-state index < -0.39 is 6.09 Å². The average molecular weight is 360 g/mol. The third-order valence-electron chi connectivity index (χ3n) is 5.68. The number of hydrogen-bond donors (Lipinski definition) is 2. The molecule has 2 aliphatic heterocycles. The van der Waals surface area contributed by atoms with Crippen molar-refractivity contribution in [3.8, 4) is 0 Å². The van der Waals surface area contributed by atoms with Gasteiger partial charge in [-0.15, -0.1) is 0 Å². The predicted octanol–water partition coefficient (Wildman–Crippen LogP) is 2.94. The molecular weight excluding hydrogens is 332 g/mol. The third-order valence-corrected chi connectivity index (χ3v) is 5.68. The van der Waals surface area contributed by atoms with E-state index in [0.717, 1.165) is 12.5 Å². The number of fused-ring (bicyclic) bond motifs is 1. The lowest BCUT2D eigenvalue weighted by atomic mass is 9.89. The van der Waals surface area contributed by atoms with Crippen LogP contribution in [0.2, 0.25) is 0 Å². The Labute approximate surface area is 154 Å². The number of para-hydroxylation sites is 1. The maximum Gasteiger partial charge on any atom is 0.412 e. The highest BCUT2D eigenvalue weighted by Crippen LogP contribution is 2.30. The van der Waals surface area contributed by atoms with Crippen molar-refractivity contribution in [2.24, 2.45) is 5.92 Å². The minimum atomic E-state index is -0.465. The topological polar surface area (TPSA) is 68.8 Å². The maximum atomic E-state index is 12.1. The zero-order valence-electron chi connectivity index (χ0n) is 15.1. The second-order valence-corrected chi connectivity index (χ2v) is 7.55. The van der Waals surface area contributed by atoms with Crippen LogP contribution in [0.3, 0.4) is 0 Å². The number of carbonyl (C=O) groups excluding carboxylic acids is 1. The summed E-state index contributed by atoms with van der Waals surface area (Å²) >= 11 is 0. The fraction of sp³-hybridized carbons (Fsp3) is 0.650. The molecule has 2 N–H and O–H groups in total. The Balaban J connectivity index is 1.24. The standard InChI is InChI=1S/C20H28N2O4/c23-20(22-15-9-5-2-6-10-15)26-17-13-25-18-16(12-24-19(17)18)21-11-14-7-3-1-4-8-14/h2,5-6,9-10,14,16-19,21H,1,3-4,7-8,11-13H2,(H,22,23). The summed E-state index contributed by atoms with van der Waals surface area (Å²) in [5.41, 5.74) is 0.715. The van der Waals surface area contributed by atoms with Gasteiger partial charge in [0.25, 0.3) is 0 Å². The molecule has 6 heteroatoms. The molecule has 142 valence electrons. The van der Waals surface area contributed by atoms with Crippen LogP contribution in [-0.4, -0.2) is 50.2 Å². The van der Waals surface area contributed by atoms with Gasteiger partial charge < -0.3 is 19.5 Å². The first kappa shape index (κ1) is 17.8. The van der Waals surface area contributed by atoms with Crippen molar-refractivity contribution >= 4 is 11.8 Å². The molecule has 2 heterocycles. The summed E-state index contributed by atoms with van der Waals surface area (Å²) in [4.78, 5) is 12.1. The van der Waals surface area contributed by atoms with Crippen molar-refractivity contribution in [3.05, 3.63) is 30.3 Å². The van der Waals surface area contributed by atoms with Gasteiger partial charge in [-0.2, -0.15) is 0 Å². The molecule has 1 aromatic carbocycles. The van der Waals surface area contributed by atoms with Crippen LogP contribution in [0.5, 0.6) is 0 Å². The van der Waals surface area contributed by atoms with E-state index in [0.29, 0.717) is 18.9 Å². The van der Waals surface area contributed by atoms with Gasteiger partial charge >= 0.3 is 6.09 Å². The van der Waals surface area contributed by atoms with Crippen molar-refractivity contribution in [1.82, 2.24) is 5.32 Å². The number of nitrogens with one attached hydrogen (secondary N) is 2. The quantitative estimate of drug-likeness (QED) is 0.845. The zero-order chi connectivity index (χ0) is 17.8. The lowest BCUT2D eigenvalue weighted by molar-refractivity contribution is 0.00850. The third kappa shape index (κ3) is 4.19. The SMILES string of the molecule is O=C(Nc1ccccc1)OC1COC2C(NCC3CCCCC3)COC12. The molecule has 26 heavy (non-hydrogen) atoms. The van der Waals surface area contributed by atoms with E-state index in [1.54, 1.807) is 0 Å². The van der Waals surface area contributed by atoms with Gasteiger partial charge in [-0.05, 0) is 37.4 Å². The maximum absolute atomic E-state index is 12.1. The zero-order valence-corrected chi connectivity index (χ0v) is 15.1. The molecule has 1 saturated carbocycles. The van der Waals surface area contributed by atoms with Gasteiger partial charge in [0.05, 0.1) is 19.3 Å². The predicted molar refractivity (Wildman–Crippen MR) is 98.2 cm³/mol. The molecule has 4 rings (SSSR count). The fourth-order valence-corrected chi connectivity index (χ4v) is 4.26. The molecule has 1 amide bonds. The molecule has 4 atom stereocenters. The first-order valence-corrected chi connectivity index (χ1v) is 9.79. The number of amides is 1. The minimum absolute atomic E-state index is 0.0342. The molecule has 6 nitrogen and oxygen atoms in total. The van der Waals surface area contributed by atoms with Gasteiger partial charge in [-0.3, -0.25) is 5.32 Å². The number of carbonyl (C=O) groups is 1. The van der Waals surface area contributed by atoms with E-state index >= 15 is 0 Å². The van der Waals surface area contributed by atoms with Crippen LogP contribution < -0.4 is 10.6 Å². The van der Waals surface area contributed by atoms with Gasteiger partial charge in [-0.25, -0.2) is 4.79 Å². The van der Waals surface area contributed by atoms with Crippen molar-refractivity contribution < 1.29 is 19.0 Å². The van der Waals surface area contributed by atoms with Crippen LogP contribution in [0, 0.1) is 5.92 Å². The van der Waals surface area contributed by atoms with E-state index in [4.69, 9.17) is 14.2 Å². The van der Waals surface area contributed by atoms with E-state index in [9.17, 15) is 4.79 Å². The molecular formula is C20H28N2O4. The van der Waals surface area contributed by atoms with Gasteiger partial charge in [-0.1, -0.05) is 37.5 Å². The van der Waals surface area contributed by atoms with Gasteiger partial charge in [0.1, 0.15) is 12.2 Å². The summed E-state index contributed by atoms with van der Waals surface area (Å²) in [5.74, 6) is 0.771. The van der Waals surface area contributed by atoms with E-state index in [2.05, 4.69) is 10.6 Å². The van der Waals surface area contributed by atoms with E-state index in [1.165, 1.54) is 32.1 Å². The number of benzene rings is 1. The molecule has 4 unspecified atom stereocenters. The largest absolute Gasteiger partial charge is 0.441 e. The second kappa shape index (κ2) is 8.37. The highest BCUT2D eigenvalue weighted by Gasteiger charge is 2.49. The van der Waals surface area contributed by atoms with Gasteiger partial charge in [0.15, 0.2) is 6.10 Å². The first-order valence-electron chi connectivity index (χ1n) is 9.79. The van der Waals surface area contributed by atoms with Crippen LogP contribution in [0.1, 0.15) is 32.1 Å². The average Bonchev–Trinajstić information content (AvgIpc) is 3.25. The van der Waals surface area contributed by atoms with Crippen LogP contribution in [0.4, 0.5) is 10.5 Å². The highest BCUT2D eigenvalue weighted by atomic mass is 16.6. The Morgan fingerprint density at radius 2 is 1.81 bits per heavy atom. The van der Waals surface area contributed by atoms with Crippen LogP contribution >= 0.6 is 0 Å². The van der Waals surface area contributed by atoms with E-state index in [1.807, 2.05) is 30.3 Å². The summed E-state index contributed by atoms with van der Waals surface area (Å²) in [6.07, 6.45) is 5.68. The van der Waals surface area contributed by atoms with Gasteiger partial charge in [0, 0.05) is 5.69 Å². The molecule has 2 saturated heterocycles. The number of ether oxygens (including phenoxy) is 3. The van der Waals surface area contributed by atoms with Crippen molar-refractivity contribution in [1.29, 1.82) is 0 Å². The summed E-state index contributed by atoms with van der Waals surface area (Å²) in [7, 11) is 0. The normalized spacial score (nSPS) is 31.5. The molecule has 3 fully saturated rings. The molecule has 0 bridgehead atoms. The Bertz CT molecular complexity index is 591. The fourth-order valence-electron chi connectivity index (χ4n) is 4.26. The summed E-state index contributed by atoms with van der Waals surface area (Å²) in [5, 5.41) is 6.37. The number of anilines is 1. The molecule has 0 spiro atoms. The Hall–Kier alpha value is -1.63. The van der Waals surface area contributed by atoms with Crippen LogP contribution in [0.15, 0.2) is 30.3 Å². The monoisotopic (exact) mass is 360 g/mol. The molecule has 0 aromatic heterocycles. The summed E-state index contributed by atoms with van der Waals surface area (Å²) in [6, 6.07) is 9.48. The minimum Gasteiger partial charge on any atom is -0.441 e. The van der Waals surface area contributed by atoms with Gasteiger partial charge in [0.2, 0.25) is 0 Å². The Kier molecular flexibility index (Phi) is 5.72. The lowest BCUT2D eigenvalue weighted by Gasteiger charge is -2.25. The van der Waals surface area contributed by atoms with Crippen molar-refractivity contribution in [3.63, 3.8) is 0 Å². The molecule has 3 aliphatic rings. The Morgan fingerprint density at radius 3 is 2.62 bits per heavy atom. The number of hydrogen-bond acceptors (Lipinski definition) is 5. The summed E-state index contributed by atoms with van der Waals surface area (Å²) < 4.78 is 17.3. The lowest BCUT2D eigenvalue weighted by Crippen LogP contribution is -2.43. The van der Waals surface area contributed by atoms with Crippen molar-refractivity contribution in [2.75, 3.05) is 25.1 Å². The highest BCUT2D eigenvalue weighted by molar-refractivity contribution is 5.84. The van der Waals surface area contributed by atoms with E-state index in [-0.39, 0.29) is 24.4 Å². The second-order valence-electron chi connectivity index (χ2n) is 7.55. The molecule has 0 radical (unpaired) electrons. The Morgan fingerprint density at radius 1 is 1.04 bits per heavy atom. The molecule has 1 aliphatic carbocycles. The number of rotatable bonds is 5. The van der Waals surface area contributed by atoms with Crippen LogP contribution in [-0.2, 0) is 14.2 Å². The molecule has 1 aromatic rings. The smallest absolute Gasteiger partial charge is 0.412 e. The summed E-state index contributed by atoms with van der Waals surface area (Å²) in [6.45, 7) is 2.03. The first-order chi connectivity index (χ1) is 12.8.